The van der Waals surface area contributed by atoms with Crippen molar-refractivity contribution >= 4 is 0 Å². The van der Waals surface area contributed by atoms with Gasteiger partial charge in [0.25, 0.3) is 0 Å². The molecule has 21 heavy (non-hydrogen) atoms. The molecule has 112 valence electrons. The van der Waals surface area contributed by atoms with Crippen LogP contribution in [0.1, 0.15) is 36.8 Å². The Hall–Kier alpha value is -1.41. The molecule has 4 heteroatoms. The van der Waals surface area contributed by atoms with Gasteiger partial charge in [-0.1, -0.05) is 17.9 Å². The molecule has 2 heterocycles. The van der Waals surface area contributed by atoms with Crippen molar-refractivity contribution in [2.75, 3.05) is 6.54 Å². The molecule has 0 radical (unpaired) electrons. The van der Waals surface area contributed by atoms with Crippen LogP contribution in [-0.2, 0) is 6.54 Å². The molecule has 1 aromatic rings. The lowest BCUT2D eigenvalue weighted by Gasteiger charge is -2.37. The Kier molecular flexibility index (Phi) is 4.25. The molecule has 2 aliphatic rings. The van der Waals surface area contributed by atoms with E-state index < -0.39 is 0 Å². The molecular formula is C17H21FN2O. The number of rotatable bonds is 2. The highest BCUT2D eigenvalue weighted by atomic mass is 19.1. The summed E-state index contributed by atoms with van der Waals surface area (Å²) < 4.78 is 13.7. The first kappa shape index (κ1) is 14.5. The van der Waals surface area contributed by atoms with Crippen LogP contribution in [0.3, 0.4) is 0 Å². The molecule has 3 nitrogen and oxygen atoms in total. The summed E-state index contributed by atoms with van der Waals surface area (Å²) in [5, 5.41) is 9.85. The van der Waals surface area contributed by atoms with Gasteiger partial charge >= 0.3 is 0 Å². The van der Waals surface area contributed by atoms with Crippen LogP contribution in [0.25, 0.3) is 0 Å². The Balaban J connectivity index is 1.76. The molecule has 3 rings (SSSR count). The van der Waals surface area contributed by atoms with Crippen molar-refractivity contribution in [2.24, 2.45) is 5.73 Å². The second-order valence-corrected chi connectivity index (χ2v) is 6.00. The highest BCUT2D eigenvalue weighted by Gasteiger charge is 2.39. The number of aliphatic hydroxyl groups is 1. The van der Waals surface area contributed by atoms with E-state index >= 15 is 0 Å². The minimum atomic E-state index is -0.295. The molecule has 2 aliphatic heterocycles. The third-order valence-electron chi connectivity index (χ3n) is 4.58. The molecule has 0 amide bonds. The Labute approximate surface area is 124 Å². The zero-order chi connectivity index (χ0) is 14.8. The van der Waals surface area contributed by atoms with E-state index in [1.807, 2.05) is 12.1 Å². The molecule has 2 atom stereocenters. The molecule has 0 aliphatic carbocycles. The van der Waals surface area contributed by atoms with E-state index in [1.165, 1.54) is 6.07 Å². The van der Waals surface area contributed by atoms with Gasteiger partial charge in [0, 0.05) is 18.6 Å². The third-order valence-corrected chi connectivity index (χ3v) is 4.58. The highest BCUT2D eigenvalue weighted by molar-refractivity contribution is 5.38. The number of benzene rings is 1. The van der Waals surface area contributed by atoms with Gasteiger partial charge < -0.3 is 10.8 Å². The lowest BCUT2D eigenvalue weighted by molar-refractivity contribution is 0.0310. The number of piperidine rings is 1. The monoisotopic (exact) mass is 288 g/mol. The van der Waals surface area contributed by atoms with Gasteiger partial charge in [-0.25, -0.2) is 4.39 Å². The van der Waals surface area contributed by atoms with Gasteiger partial charge in [0.15, 0.2) is 0 Å². The van der Waals surface area contributed by atoms with Gasteiger partial charge in [0.05, 0.1) is 18.2 Å². The van der Waals surface area contributed by atoms with Crippen molar-refractivity contribution in [1.82, 2.24) is 4.90 Å². The number of halogens is 1. The smallest absolute Gasteiger partial charge is 0.138 e. The lowest BCUT2D eigenvalue weighted by Crippen LogP contribution is -2.44. The van der Waals surface area contributed by atoms with E-state index in [9.17, 15) is 9.50 Å². The predicted octanol–water partition coefficient (Wildman–Crippen LogP) is 1.62. The molecule has 3 N–H and O–H groups in total. The van der Waals surface area contributed by atoms with Crippen LogP contribution in [-0.4, -0.2) is 34.7 Å². The van der Waals surface area contributed by atoms with E-state index in [0.29, 0.717) is 17.6 Å². The van der Waals surface area contributed by atoms with Crippen molar-refractivity contribution in [3.63, 3.8) is 0 Å². The maximum Gasteiger partial charge on any atom is 0.138 e. The zero-order valence-corrected chi connectivity index (χ0v) is 12.1. The van der Waals surface area contributed by atoms with Crippen molar-refractivity contribution in [3.8, 4) is 11.8 Å². The van der Waals surface area contributed by atoms with E-state index in [-0.39, 0.29) is 18.5 Å². The number of hydrogen-bond donors (Lipinski definition) is 2. The van der Waals surface area contributed by atoms with Crippen molar-refractivity contribution in [3.05, 3.63) is 35.1 Å². The van der Waals surface area contributed by atoms with E-state index in [1.54, 1.807) is 0 Å². The summed E-state index contributed by atoms with van der Waals surface area (Å²) in [6.07, 6.45) is 3.87. The topological polar surface area (TPSA) is 49.5 Å². The summed E-state index contributed by atoms with van der Waals surface area (Å²) in [5.41, 5.74) is 6.84. The molecule has 0 spiro atoms. The van der Waals surface area contributed by atoms with Crippen molar-refractivity contribution in [2.45, 2.75) is 50.4 Å². The Morgan fingerprint density at radius 3 is 2.67 bits per heavy atom. The average molecular weight is 288 g/mol. The Morgan fingerprint density at radius 2 is 2.00 bits per heavy atom. The van der Waals surface area contributed by atoms with Gasteiger partial charge in [-0.2, -0.15) is 0 Å². The fourth-order valence-electron chi connectivity index (χ4n) is 3.63. The molecule has 2 unspecified atom stereocenters. The molecule has 0 saturated carbocycles. The van der Waals surface area contributed by atoms with Gasteiger partial charge in [-0.05, 0) is 43.4 Å². The maximum absolute atomic E-state index is 13.7. The summed E-state index contributed by atoms with van der Waals surface area (Å²) in [5.74, 6) is 5.20. The number of fused-ring (bicyclic) bond motifs is 2. The SMILES string of the molecule is NCC#Cc1cc(CN2C3CCC2CC(O)C3)ccc1F. The fourth-order valence-corrected chi connectivity index (χ4v) is 3.63. The summed E-state index contributed by atoms with van der Waals surface area (Å²) in [6, 6.07) is 6.05. The van der Waals surface area contributed by atoms with Gasteiger partial charge in [-0.15, -0.1) is 0 Å². The van der Waals surface area contributed by atoms with Crippen LogP contribution < -0.4 is 5.73 Å². The van der Waals surface area contributed by atoms with Crippen LogP contribution in [0.15, 0.2) is 18.2 Å². The highest BCUT2D eigenvalue weighted by Crippen LogP contribution is 2.36. The number of hydrogen-bond acceptors (Lipinski definition) is 3. The fraction of sp³-hybridized carbons (Fsp3) is 0.529. The first-order chi connectivity index (χ1) is 10.2. The number of aliphatic hydroxyl groups excluding tert-OH is 1. The minimum absolute atomic E-state index is 0.155. The van der Waals surface area contributed by atoms with Crippen LogP contribution in [0.5, 0.6) is 0 Å². The first-order valence-corrected chi connectivity index (χ1v) is 7.58. The van der Waals surface area contributed by atoms with Crippen LogP contribution in [0.2, 0.25) is 0 Å². The number of nitrogens with zero attached hydrogens (tertiary/aromatic N) is 1. The number of nitrogens with two attached hydrogens (primary N) is 1. The minimum Gasteiger partial charge on any atom is -0.393 e. The summed E-state index contributed by atoms with van der Waals surface area (Å²) in [4.78, 5) is 2.46. The normalized spacial score (nSPS) is 28.2. The standard InChI is InChI=1S/C17H21FN2O/c18-17-6-3-12(8-13(17)2-1-7-19)11-20-14-4-5-15(20)10-16(21)9-14/h3,6,8,14-16,21H,4-5,7,9-11,19H2. The predicted molar refractivity (Wildman–Crippen MR) is 79.9 cm³/mol. The Bertz CT molecular complexity index is 564. The molecule has 2 saturated heterocycles. The lowest BCUT2D eigenvalue weighted by atomic mass is 9.98. The third kappa shape index (κ3) is 3.11. The van der Waals surface area contributed by atoms with Crippen LogP contribution in [0, 0.1) is 17.7 Å². The largest absolute Gasteiger partial charge is 0.393 e. The van der Waals surface area contributed by atoms with E-state index in [2.05, 4.69) is 16.7 Å². The molecule has 2 fully saturated rings. The van der Waals surface area contributed by atoms with Crippen LogP contribution in [0.4, 0.5) is 4.39 Å². The molecule has 0 aromatic heterocycles. The summed E-state index contributed by atoms with van der Waals surface area (Å²) >= 11 is 0. The van der Waals surface area contributed by atoms with Crippen LogP contribution >= 0.6 is 0 Å². The van der Waals surface area contributed by atoms with E-state index in [0.717, 1.165) is 37.8 Å². The average Bonchev–Trinajstić information content (AvgIpc) is 2.70. The second kappa shape index (κ2) is 6.15. The zero-order valence-electron chi connectivity index (χ0n) is 12.1. The van der Waals surface area contributed by atoms with E-state index in [4.69, 9.17) is 5.73 Å². The van der Waals surface area contributed by atoms with Gasteiger partial charge in [-0.3, -0.25) is 4.90 Å². The van der Waals surface area contributed by atoms with Gasteiger partial charge in [0.1, 0.15) is 5.82 Å². The maximum atomic E-state index is 13.7. The Morgan fingerprint density at radius 1 is 1.29 bits per heavy atom. The summed E-state index contributed by atoms with van der Waals surface area (Å²) in [7, 11) is 0. The quantitative estimate of drug-likeness (QED) is 0.813. The first-order valence-electron chi connectivity index (χ1n) is 7.58. The second-order valence-electron chi connectivity index (χ2n) is 6.00. The van der Waals surface area contributed by atoms with Crippen molar-refractivity contribution in [1.29, 1.82) is 0 Å². The molecule has 2 bridgehead atoms. The molecular weight excluding hydrogens is 267 g/mol. The van der Waals surface area contributed by atoms with Gasteiger partial charge in [0.2, 0.25) is 0 Å². The van der Waals surface area contributed by atoms with Crippen molar-refractivity contribution < 1.29 is 9.50 Å². The molecule has 1 aromatic carbocycles. The summed E-state index contributed by atoms with van der Waals surface area (Å²) in [6.45, 7) is 1.04.